The topological polar surface area (TPSA) is 20.3 Å². The Kier molecular flexibility index (Phi) is 3.81. The number of amides is 1. The Morgan fingerprint density at radius 2 is 2.18 bits per heavy atom. The van der Waals surface area contributed by atoms with Crippen molar-refractivity contribution in [3.63, 3.8) is 0 Å². The summed E-state index contributed by atoms with van der Waals surface area (Å²) in [4.78, 5) is 13.7. The third-order valence-corrected chi connectivity index (χ3v) is 3.85. The van der Waals surface area contributed by atoms with Crippen molar-refractivity contribution in [3.05, 3.63) is 41.7 Å². The predicted octanol–water partition coefficient (Wildman–Crippen LogP) is 3.22. The zero-order chi connectivity index (χ0) is 12.4. The standard InChI is InChI=1S/C13H13FINO/c1-2-16-12(8-7-11(15)13(16)17)9-5-3-4-6-10(9)14/h3-6,8,11H,2,7H2,1H3. The molecule has 0 saturated carbocycles. The fourth-order valence-electron chi connectivity index (χ4n) is 1.96. The van der Waals surface area contributed by atoms with E-state index in [9.17, 15) is 9.18 Å². The molecule has 0 spiro atoms. The summed E-state index contributed by atoms with van der Waals surface area (Å²) in [5, 5.41) is 0. The molecule has 17 heavy (non-hydrogen) atoms. The van der Waals surface area contributed by atoms with Crippen LogP contribution in [0.5, 0.6) is 0 Å². The van der Waals surface area contributed by atoms with Crippen LogP contribution < -0.4 is 0 Å². The molecule has 1 aromatic carbocycles. The number of hydrogen-bond acceptors (Lipinski definition) is 1. The third kappa shape index (κ3) is 2.36. The molecule has 0 N–H and O–H groups in total. The van der Waals surface area contributed by atoms with Gasteiger partial charge < -0.3 is 4.90 Å². The summed E-state index contributed by atoms with van der Waals surface area (Å²) in [5.41, 5.74) is 1.20. The van der Waals surface area contributed by atoms with Crippen LogP contribution in [0, 0.1) is 5.82 Å². The summed E-state index contributed by atoms with van der Waals surface area (Å²) in [6, 6.07) is 6.57. The highest BCUT2D eigenvalue weighted by Crippen LogP contribution is 2.29. The van der Waals surface area contributed by atoms with Gasteiger partial charge in [-0.2, -0.15) is 0 Å². The lowest BCUT2D eigenvalue weighted by Gasteiger charge is -2.30. The van der Waals surface area contributed by atoms with Crippen molar-refractivity contribution >= 4 is 34.2 Å². The monoisotopic (exact) mass is 345 g/mol. The molecule has 1 aliphatic heterocycles. The SMILES string of the molecule is CCN1C(=O)C(I)CC=C1c1ccccc1F. The van der Waals surface area contributed by atoms with Gasteiger partial charge in [0.2, 0.25) is 5.91 Å². The van der Waals surface area contributed by atoms with E-state index in [0.717, 1.165) is 0 Å². The van der Waals surface area contributed by atoms with Gasteiger partial charge in [-0.15, -0.1) is 0 Å². The van der Waals surface area contributed by atoms with Crippen LogP contribution in [-0.2, 0) is 4.79 Å². The van der Waals surface area contributed by atoms with Crippen LogP contribution >= 0.6 is 22.6 Å². The van der Waals surface area contributed by atoms with Gasteiger partial charge in [-0.1, -0.05) is 40.8 Å². The molecule has 4 heteroatoms. The lowest BCUT2D eigenvalue weighted by atomic mass is 10.0. The molecule has 1 atom stereocenters. The van der Waals surface area contributed by atoms with Crippen LogP contribution in [0.1, 0.15) is 18.9 Å². The van der Waals surface area contributed by atoms with E-state index in [0.29, 0.717) is 24.2 Å². The van der Waals surface area contributed by atoms with E-state index in [1.807, 2.05) is 13.0 Å². The van der Waals surface area contributed by atoms with Gasteiger partial charge in [0.25, 0.3) is 0 Å². The molecule has 1 unspecified atom stereocenters. The van der Waals surface area contributed by atoms with Crippen molar-refractivity contribution in [2.75, 3.05) is 6.54 Å². The Morgan fingerprint density at radius 1 is 1.47 bits per heavy atom. The van der Waals surface area contributed by atoms with Crippen LogP contribution in [0.2, 0.25) is 0 Å². The normalized spacial score (nSPS) is 20.4. The fraction of sp³-hybridized carbons (Fsp3) is 0.308. The van der Waals surface area contributed by atoms with Crippen LogP contribution in [-0.4, -0.2) is 21.3 Å². The third-order valence-electron chi connectivity index (χ3n) is 2.81. The molecular formula is C13H13FINO. The summed E-state index contributed by atoms with van der Waals surface area (Å²) < 4.78 is 13.7. The molecular weight excluding hydrogens is 332 g/mol. The second-order valence-electron chi connectivity index (χ2n) is 3.85. The van der Waals surface area contributed by atoms with Gasteiger partial charge in [-0.25, -0.2) is 4.39 Å². The molecule has 2 rings (SSSR count). The van der Waals surface area contributed by atoms with Gasteiger partial charge in [-0.05, 0) is 25.5 Å². The van der Waals surface area contributed by atoms with Gasteiger partial charge in [-0.3, -0.25) is 4.79 Å². The number of halogens is 2. The molecule has 2 nitrogen and oxygen atoms in total. The van der Waals surface area contributed by atoms with Crippen LogP contribution in [0.15, 0.2) is 30.3 Å². The molecule has 90 valence electrons. The average molecular weight is 345 g/mol. The van der Waals surface area contributed by atoms with E-state index in [2.05, 4.69) is 22.6 Å². The summed E-state index contributed by atoms with van der Waals surface area (Å²) in [6.45, 7) is 2.47. The minimum absolute atomic E-state index is 0.0388. The zero-order valence-corrected chi connectivity index (χ0v) is 11.6. The van der Waals surface area contributed by atoms with Crippen molar-refractivity contribution in [2.45, 2.75) is 17.3 Å². The first kappa shape index (κ1) is 12.5. The van der Waals surface area contributed by atoms with Crippen molar-refractivity contribution in [1.82, 2.24) is 4.90 Å². The van der Waals surface area contributed by atoms with E-state index in [1.165, 1.54) is 6.07 Å². The van der Waals surface area contributed by atoms with Crippen molar-refractivity contribution < 1.29 is 9.18 Å². The van der Waals surface area contributed by atoms with Crippen molar-refractivity contribution in [2.24, 2.45) is 0 Å². The van der Waals surface area contributed by atoms with Gasteiger partial charge in [0.1, 0.15) is 5.82 Å². The predicted molar refractivity (Wildman–Crippen MR) is 74.2 cm³/mol. The molecule has 1 amide bonds. The van der Waals surface area contributed by atoms with Crippen LogP contribution in [0.4, 0.5) is 4.39 Å². The number of carbonyl (C=O) groups excluding carboxylic acids is 1. The van der Waals surface area contributed by atoms with Gasteiger partial charge in [0.15, 0.2) is 0 Å². The fourth-order valence-corrected chi connectivity index (χ4v) is 2.55. The molecule has 1 aromatic rings. The molecule has 0 aliphatic carbocycles. The number of alkyl halides is 1. The highest BCUT2D eigenvalue weighted by molar-refractivity contribution is 14.1. The summed E-state index contributed by atoms with van der Waals surface area (Å²) in [5.74, 6) is -0.217. The Morgan fingerprint density at radius 3 is 2.82 bits per heavy atom. The van der Waals surface area contributed by atoms with Crippen molar-refractivity contribution in [1.29, 1.82) is 0 Å². The van der Waals surface area contributed by atoms with Crippen LogP contribution in [0.25, 0.3) is 5.70 Å². The number of carbonyl (C=O) groups is 1. The van der Waals surface area contributed by atoms with Gasteiger partial charge >= 0.3 is 0 Å². The lowest BCUT2D eigenvalue weighted by Crippen LogP contribution is -2.38. The Balaban J connectivity index is 2.44. The first-order valence-electron chi connectivity index (χ1n) is 5.55. The van der Waals surface area contributed by atoms with Crippen molar-refractivity contribution in [3.8, 4) is 0 Å². The highest BCUT2D eigenvalue weighted by atomic mass is 127. The molecule has 0 bridgehead atoms. The molecule has 0 radical (unpaired) electrons. The average Bonchev–Trinajstić information content (AvgIpc) is 2.33. The molecule has 0 fully saturated rings. The Labute approximate surface area is 114 Å². The Hall–Kier alpha value is -0.910. The van der Waals surface area contributed by atoms with E-state index in [-0.39, 0.29) is 15.6 Å². The van der Waals surface area contributed by atoms with Gasteiger partial charge in [0, 0.05) is 17.8 Å². The maximum Gasteiger partial charge on any atom is 0.240 e. The maximum atomic E-state index is 13.7. The van der Waals surface area contributed by atoms with E-state index >= 15 is 0 Å². The molecule has 1 aliphatic rings. The zero-order valence-electron chi connectivity index (χ0n) is 9.49. The number of rotatable bonds is 2. The smallest absolute Gasteiger partial charge is 0.240 e. The van der Waals surface area contributed by atoms with E-state index in [1.54, 1.807) is 23.1 Å². The van der Waals surface area contributed by atoms with E-state index in [4.69, 9.17) is 0 Å². The molecule has 0 aromatic heterocycles. The largest absolute Gasteiger partial charge is 0.311 e. The minimum Gasteiger partial charge on any atom is -0.311 e. The van der Waals surface area contributed by atoms with Crippen LogP contribution in [0.3, 0.4) is 0 Å². The summed E-state index contributed by atoms with van der Waals surface area (Å²) in [7, 11) is 0. The highest BCUT2D eigenvalue weighted by Gasteiger charge is 2.28. The van der Waals surface area contributed by atoms with Gasteiger partial charge in [0.05, 0.1) is 3.92 Å². The second kappa shape index (κ2) is 5.16. The summed E-state index contributed by atoms with van der Waals surface area (Å²) in [6.07, 6.45) is 2.61. The quantitative estimate of drug-likeness (QED) is 0.595. The Bertz CT molecular complexity index is 472. The minimum atomic E-state index is -0.281. The molecule has 1 heterocycles. The first-order valence-corrected chi connectivity index (χ1v) is 6.80. The number of nitrogens with zero attached hydrogens (tertiary/aromatic N) is 1. The second-order valence-corrected chi connectivity index (χ2v) is 5.36. The maximum absolute atomic E-state index is 13.7. The summed E-state index contributed by atoms with van der Waals surface area (Å²) >= 11 is 2.13. The van der Waals surface area contributed by atoms with E-state index < -0.39 is 0 Å². The molecule has 0 saturated heterocycles. The first-order chi connectivity index (χ1) is 8.15. The number of hydrogen-bond donors (Lipinski definition) is 0. The number of allylic oxidation sites excluding steroid dienone is 1. The number of benzene rings is 1. The lowest BCUT2D eigenvalue weighted by molar-refractivity contribution is -0.127.